The summed E-state index contributed by atoms with van der Waals surface area (Å²) in [4.78, 5) is 24.6. The Hall–Kier alpha value is -4.74. The maximum absolute atomic E-state index is 13.5. The van der Waals surface area contributed by atoms with E-state index in [2.05, 4.69) is 16.0 Å². The van der Waals surface area contributed by atoms with Gasteiger partial charge in [0, 0.05) is 6.54 Å². The number of anilines is 4. The van der Waals surface area contributed by atoms with Gasteiger partial charge in [-0.15, -0.1) is 0 Å². The molecule has 0 unspecified atom stereocenters. The number of para-hydroxylation sites is 1. The fourth-order valence-corrected chi connectivity index (χ4v) is 3.39. The quantitative estimate of drug-likeness (QED) is 0.165. The first kappa shape index (κ1) is 26.9. The SMILES string of the molecule is COC(=O)c1ccccc1Nc1ccc(C(F)(F)F)cc1Nc1ccc(CNC(=N)N)cc1C(=O)OC. The van der Waals surface area contributed by atoms with Crippen LogP contribution in [-0.4, -0.2) is 32.1 Å². The molecule has 0 heterocycles. The second-order valence-electron chi connectivity index (χ2n) is 7.68. The Kier molecular flexibility index (Phi) is 8.23. The zero-order valence-corrected chi connectivity index (χ0v) is 19.8. The van der Waals surface area contributed by atoms with E-state index in [9.17, 15) is 22.8 Å². The number of rotatable bonds is 8. The van der Waals surface area contributed by atoms with Crippen molar-refractivity contribution in [3.63, 3.8) is 0 Å². The summed E-state index contributed by atoms with van der Waals surface area (Å²) in [7, 11) is 2.39. The predicted octanol–water partition coefficient (Wildman–Crippen LogP) is 4.75. The molecule has 0 amide bonds. The smallest absolute Gasteiger partial charge is 0.416 e. The van der Waals surface area contributed by atoms with E-state index < -0.39 is 23.7 Å². The van der Waals surface area contributed by atoms with Gasteiger partial charge in [-0.25, -0.2) is 9.59 Å². The number of esters is 2. The summed E-state index contributed by atoms with van der Waals surface area (Å²) in [6.45, 7) is 0.139. The van der Waals surface area contributed by atoms with E-state index >= 15 is 0 Å². The number of hydrogen-bond acceptors (Lipinski definition) is 7. The van der Waals surface area contributed by atoms with Crippen molar-refractivity contribution in [3.05, 3.63) is 82.9 Å². The highest BCUT2D eigenvalue weighted by atomic mass is 19.4. The van der Waals surface area contributed by atoms with E-state index in [1.165, 1.54) is 38.5 Å². The van der Waals surface area contributed by atoms with Crippen molar-refractivity contribution in [3.8, 4) is 0 Å². The van der Waals surface area contributed by atoms with Gasteiger partial charge in [0.15, 0.2) is 5.96 Å². The third-order valence-electron chi connectivity index (χ3n) is 5.19. The Labute approximate surface area is 210 Å². The molecule has 3 aromatic carbocycles. The molecule has 194 valence electrons. The van der Waals surface area contributed by atoms with Crippen molar-refractivity contribution in [1.82, 2.24) is 5.32 Å². The van der Waals surface area contributed by atoms with Crippen LogP contribution in [0.4, 0.5) is 35.9 Å². The maximum atomic E-state index is 13.5. The van der Waals surface area contributed by atoms with Gasteiger partial charge in [-0.05, 0) is 48.0 Å². The number of methoxy groups -OCH3 is 2. The highest BCUT2D eigenvalue weighted by molar-refractivity contribution is 5.99. The van der Waals surface area contributed by atoms with Crippen molar-refractivity contribution < 1.29 is 32.2 Å². The molecule has 0 radical (unpaired) electrons. The molecule has 9 nitrogen and oxygen atoms in total. The summed E-state index contributed by atoms with van der Waals surface area (Å²) >= 11 is 0. The largest absolute Gasteiger partial charge is 0.465 e. The fourth-order valence-electron chi connectivity index (χ4n) is 3.39. The van der Waals surface area contributed by atoms with Crippen LogP contribution < -0.4 is 21.7 Å². The summed E-state index contributed by atoms with van der Waals surface area (Å²) in [5.74, 6) is -1.63. The second kappa shape index (κ2) is 11.3. The number of halogens is 3. The number of hydrogen-bond donors (Lipinski definition) is 5. The Balaban J connectivity index is 2.07. The average molecular weight is 515 g/mol. The number of alkyl halides is 3. The minimum absolute atomic E-state index is 0.0192. The minimum atomic E-state index is -4.63. The lowest BCUT2D eigenvalue weighted by atomic mass is 10.1. The molecule has 0 aliphatic rings. The predicted molar refractivity (Wildman–Crippen MR) is 132 cm³/mol. The van der Waals surface area contributed by atoms with Crippen LogP contribution >= 0.6 is 0 Å². The van der Waals surface area contributed by atoms with Gasteiger partial charge in [-0.1, -0.05) is 18.2 Å². The first-order chi connectivity index (χ1) is 17.5. The van der Waals surface area contributed by atoms with Crippen LogP contribution in [0.15, 0.2) is 60.7 Å². The highest BCUT2D eigenvalue weighted by Gasteiger charge is 2.31. The van der Waals surface area contributed by atoms with Gasteiger partial charge in [0.1, 0.15) is 0 Å². The molecule has 0 atom stereocenters. The van der Waals surface area contributed by atoms with Gasteiger partial charge in [0.05, 0.1) is 53.7 Å². The zero-order chi connectivity index (χ0) is 27.2. The molecular weight excluding hydrogens is 491 g/mol. The van der Waals surface area contributed by atoms with Crippen molar-refractivity contribution in [2.24, 2.45) is 5.73 Å². The summed E-state index contributed by atoms with van der Waals surface area (Å²) in [6.07, 6.45) is -4.63. The van der Waals surface area contributed by atoms with Crippen LogP contribution in [0, 0.1) is 5.41 Å². The van der Waals surface area contributed by atoms with Crippen molar-refractivity contribution in [1.29, 1.82) is 5.41 Å². The van der Waals surface area contributed by atoms with Gasteiger partial charge >= 0.3 is 18.1 Å². The summed E-state index contributed by atoms with van der Waals surface area (Å²) in [5.41, 5.74) is 5.82. The van der Waals surface area contributed by atoms with Gasteiger partial charge in [-0.2, -0.15) is 13.2 Å². The molecule has 0 saturated heterocycles. The summed E-state index contributed by atoms with van der Waals surface area (Å²) < 4.78 is 50.2. The number of ether oxygens (including phenoxy) is 2. The van der Waals surface area contributed by atoms with Crippen LogP contribution in [0.1, 0.15) is 31.8 Å². The van der Waals surface area contributed by atoms with Crippen LogP contribution in [0.5, 0.6) is 0 Å². The number of nitrogens with two attached hydrogens (primary N) is 1. The summed E-state index contributed by atoms with van der Waals surface area (Å²) in [5, 5.41) is 15.7. The molecule has 0 spiro atoms. The molecule has 3 rings (SSSR count). The third-order valence-corrected chi connectivity index (χ3v) is 5.19. The first-order valence-corrected chi connectivity index (χ1v) is 10.7. The molecular formula is C25H24F3N5O4. The van der Waals surface area contributed by atoms with E-state index in [4.69, 9.17) is 20.6 Å². The molecule has 0 aliphatic carbocycles. The lowest BCUT2D eigenvalue weighted by Gasteiger charge is -2.19. The lowest BCUT2D eigenvalue weighted by molar-refractivity contribution is -0.137. The zero-order valence-electron chi connectivity index (χ0n) is 19.8. The van der Waals surface area contributed by atoms with Crippen LogP contribution in [0.25, 0.3) is 0 Å². The number of benzene rings is 3. The molecule has 0 aromatic heterocycles. The van der Waals surface area contributed by atoms with Gasteiger partial charge in [-0.3, -0.25) is 5.41 Å². The molecule has 3 aromatic rings. The Morgan fingerprint density at radius 3 is 2.08 bits per heavy atom. The van der Waals surface area contributed by atoms with E-state index in [0.29, 0.717) is 11.3 Å². The average Bonchev–Trinajstić information content (AvgIpc) is 2.87. The van der Waals surface area contributed by atoms with Gasteiger partial charge in [0.2, 0.25) is 0 Å². The molecule has 37 heavy (non-hydrogen) atoms. The molecule has 6 N–H and O–H groups in total. The number of nitrogens with one attached hydrogen (secondary N) is 4. The lowest BCUT2D eigenvalue weighted by Crippen LogP contribution is -2.29. The molecule has 12 heteroatoms. The topological polar surface area (TPSA) is 139 Å². The molecule has 0 bridgehead atoms. The Bertz CT molecular complexity index is 1330. The van der Waals surface area contributed by atoms with Crippen LogP contribution in [0.2, 0.25) is 0 Å². The van der Waals surface area contributed by atoms with E-state index in [1.54, 1.807) is 24.3 Å². The van der Waals surface area contributed by atoms with Crippen LogP contribution in [0.3, 0.4) is 0 Å². The van der Waals surface area contributed by atoms with E-state index in [-0.39, 0.29) is 40.7 Å². The van der Waals surface area contributed by atoms with Gasteiger partial charge in [0.25, 0.3) is 0 Å². The minimum Gasteiger partial charge on any atom is -0.465 e. The molecule has 0 saturated carbocycles. The maximum Gasteiger partial charge on any atom is 0.416 e. The number of guanidine groups is 1. The van der Waals surface area contributed by atoms with E-state index in [0.717, 1.165) is 12.1 Å². The second-order valence-corrected chi connectivity index (χ2v) is 7.68. The molecule has 0 fully saturated rings. The Morgan fingerprint density at radius 2 is 1.43 bits per heavy atom. The fraction of sp³-hybridized carbons (Fsp3) is 0.160. The summed E-state index contributed by atoms with van der Waals surface area (Å²) in [6, 6.07) is 13.9. The van der Waals surface area contributed by atoms with Crippen molar-refractivity contribution >= 4 is 40.6 Å². The third kappa shape index (κ3) is 6.69. The first-order valence-electron chi connectivity index (χ1n) is 10.7. The Morgan fingerprint density at radius 1 is 0.838 bits per heavy atom. The van der Waals surface area contributed by atoms with Crippen LogP contribution in [-0.2, 0) is 22.2 Å². The van der Waals surface area contributed by atoms with Crippen molar-refractivity contribution in [2.75, 3.05) is 24.9 Å². The normalized spacial score (nSPS) is 10.8. The number of carbonyl (C=O) groups is 2. The van der Waals surface area contributed by atoms with Gasteiger partial charge < -0.3 is 31.2 Å². The highest BCUT2D eigenvalue weighted by Crippen LogP contribution is 2.37. The monoisotopic (exact) mass is 515 g/mol. The number of carbonyl (C=O) groups excluding carboxylic acids is 2. The van der Waals surface area contributed by atoms with Crippen molar-refractivity contribution in [2.45, 2.75) is 12.7 Å². The molecule has 0 aliphatic heterocycles. The standard InChI is InChI=1S/C25H24F3N5O4/c1-36-22(34)16-5-3-4-6-18(16)32-20-10-8-15(25(26,27)28)12-21(20)33-19-9-7-14(13-31-24(29)30)11-17(19)23(35)37-2/h3-12,32-33H,13H2,1-2H3,(H4,29,30,31). The van der Waals surface area contributed by atoms with E-state index in [1.807, 2.05) is 0 Å².